The van der Waals surface area contributed by atoms with Gasteiger partial charge in [0.05, 0.1) is 20.1 Å². The highest BCUT2D eigenvalue weighted by Crippen LogP contribution is 2.16. The van der Waals surface area contributed by atoms with Gasteiger partial charge >= 0.3 is 5.97 Å². The fourth-order valence-electron chi connectivity index (χ4n) is 2.24. The number of carbonyl (C=O) groups excluding carboxylic acids is 1. The average molecular weight is 353 g/mol. The fraction of sp³-hybridized carbons (Fsp3) is 0.278. The van der Waals surface area contributed by atoms with Crippen LogP contribution in [0.25, 0.3) is 0 Å². The van der Waals surface area contributed by atoms with Crippen LogP contribution >= 0.6 is 0 Å². The number of esters is 1. The van der Waals surface area contributed by atoms with E-state index in [-0.39, 0.29) is 25.0 Å². The Bertz CT molecular complexity index is 710. The highest BCUT2D eigenvalue weighted by atomic mass is 19.2. The number of hydroxylamine groups is 1. The van der Waals surface area contributed by atoms with E-state index in [1.807, 2.05) is 30.3 Å². The maximum atomic E-state index is 13.8. The Kier molecular flexibility index (Phi) is 6.97. The molecule has 25 heavy (non-hydrogen) atoms. The van der Waals surface area contributed by atoms with Crippen molar-refractivity contribution >= 4 is 5.97 Å². The molecule has 0 spiro atoms. The number of rotatable bonds is 8. The van der Waals surface area contributed by atoms with Crippen molar-refractivity contribution < 1.29 is 27.5 Å². The summed E-state index contributed by atoms with van der Waals surface area (Å²) in [4.78, 5) is 16.9. The van der Waals surface area contributed by atoms with E-state index < -0.39 is 29.5 Å². The van der Waals surface area contributed by atoms with Crippen molar-refractivity contribution in [3.05, 3.63) is 71.0 Å². The van der Waals surface area contributed by atoms with Gasteiger partial charge in [0.15, 0.2) is 11.6 Å². The number of hydrogen-bond acceptors (Lipinski definition) is 4. The Balaban J connectivity index is 2.02. The summed E-state index contributed by atoms with van der Waals surface area (Å²) < 4.78 is 44.7. The van der Waals surface area contributed by atoms with Gasteiger partial charge in [-0.05, 0) is 23.6 Å². The second kappa shape index (κ2) is 9.19. The van der Waals surface area contributed by atoms with Crippen LogP contribution in [-0.2, 0) is 27.4 Å². The lowest BCUT2D eigenvalue weighted by atomic mass is 10.0. The molecule has 7 heteroatoms. The molecule has 0 unspecified atom stereocenters. The van der Waals surface area contributed by atoms with Gasteiger partial charge < -0.3 is 4.74 Å². The molecule has 1 atom stereocenters. The molecule has 0 amide bonds. The second-order valence-electron chi connectivity index (χ2n) is 5.43. The Hall–Kier alpha value is -2.38. The molecule has 0 aliphatic carbocycles. The van der Waals surface area contributed by atoms with Crippen LogP contribution < -0.4 is 5.48 Å². The molecular formula is C18H18F3NO3. The van der Waals surface area contributed by atoms with E-state index in [1.165, 1.54) is 7.11 Å². The molecule has 0 saturated heterocycles. The number of methoxy groups -OCH3 is 1. The Morgan fingerprint density at radius 3 is 2.44 bits per heavy atom. The van der Waals surface area contributed by atoms with E-state index >= 15 is 0 Å². The van der Waals surface area contributed by atoms with E-state index in [0.717, 1.165) is 11.6 Å². The molecule has 0 aliphatic heterocycles. The van der Waals surface area contributed by atoms with Crippen molar-refractivity contribution in [2.45, 2.75) is 25.5 Å². The number of halogens is 3. The molecule has 0 fully saturated rings. The normalized spacial score (nSPS) is 12.0. The molecule has 0 heterocycles. The van der Waals surface area contributed by atoms with Crippen LogP contribution in [0.15, 0.2) is 42.5 Å². The first-order valence-electron chi connectivity index (χ1n) is 7.61. The van der Waals surface area contributed by atoms with Crippen LogP contribution in [0.1, 0.15) is 17.5 Å². The first-order chi connectivity index (χ1) is 12.0. The maximum absolute atomic E-state index is 13.8. The second-order valence-corrected chi connectivity index (χ2v) is 5.43. The summed E-state index contributed by atoms with van der Waals surface area (Å²) in [6.07, 6.45) is -0.198. The first-order valence-corrected chi connectivity index (χ1v) is 7.61. The molecule has 0 aromatic heterocycles. The van der Waals surface area contributed by atoms with Crippen LogP contribution in [0.5, 0.6) is 0 Å². The standard InChI is InChI=1S/C18H18F3NO3/c1-24-18(23)9-14(22-25-11-12-5-3-2-4-6-12)7-13-8-16(20)17(21)10-15(13)19/h2-6,8,10,14,22H,7,9,11H2,1H3/t14-/m1/s1. The molecule has 0 bridgehead atoms. The maximum Gasteiger partial charge on any atom is 0.307 e. The van der Waals surface area contributed by atoms with Gasteiger partial charge in [-0.25, -0.2) is 13.2 Å². The minimum atomic E-state index is -1.26. The van der Waals surface area contributed by atoms with Gasteiger partial charge in [0.1, 0.15) is 5.82 Å². The molecule has 0 saturated carbocycles. The smallest absolute Gasteiger partial charge is 0.307 e. The summed E-state index contributed by atoms with van der Waals surface area (Å²) in [7, 11) is 1.22. The fourth-order valence-corrected chi connectivity index (χ4v) is 2.24. The van der Waals surface area contributed by atoms with Crippen molar-refractivity contribution in [2.24, 2.45) is 0 Å². The van der Waals surface area contributed by atoms with Crippen molar-refractivity contribution in [1.82, 2.24) is 5.48 Å². The van der Waals surface area contributed by atoms with Crippen molar-refractivity contribution in [1.29, 1.82) is 0 Å². The average Bonchev–Trinajstić information content (AvgIpc) is 2.60. The van der Waals surface area contributed by atoms with Gasteiger partial charge in [0.2, 0.25) is 0 Å². The predicted octanol–water partition coefficient (Wildman–Crippen LogP) is 3.30. The lowest BCUT2D eigenvalue weighted by Crippen LogP contribution is -2.34. The van der Waals surface area contributed by atoms with Gasteiger partial charge in [0.25, 0.3) is 0 Å². The van der Waals surface area contributed by atoms with Crippen LogP contribution in [0.4, 0.5) is 13.2 Å². The molecule has 134 valence electrons. The molecule has 1 N–H and O–H groups in total. The zero-order valence-corrected chi connectivity index (χ0v) is 13.6. The number of carbonyl (C=O) groups is 1. The number of ether oxygens (including phenoxy) is 1. The van der Waals surface area contributed by atoms with Gasteiger partial charge in [-0.15, -0.1) is 0 Å². The quantitative estimate of drug-likeness (QED) is 0.449. The monoisotopic (exact) mass is 353 g/mol. The largest absolute Gasteiger partial charge is 0.469 e. The third-order valence-electron chi connectivity index (χ3n) is 3.53. The van der Waals surface area contributed by atoms with E-state index in [4.69, 9.17) is 4.84 Å². The van der Waals surface area contributed by atoms with Crippen LogP contribution in [0.3, 0.4) is 0 Å². The lowest BCUT2D eigenvalue weighted by Gasteiger charge is -2.18. The third-order valence-corrected chi connectivity index (χ3v) is 3.53. The Morgan fingerprint density at radius 2 is 1.76 bits per heavy atom. The molecule has 4 nitrogen and oxygen atoms in total. The minimum absolute atomic E-state index is 0.0661. The summed E-state index contributed by atoms with van der Waals surface area (Å²) in [6.45, 7) is 0.221. The van der Waals surface area contributed by atoms with Gasteiger partial charge in [0, 0.05) is 12.1 Å². The molecule has 2 aromatic rings. The van der Waals surface area contributed by atoms with Gasteiger partial charge in [-0.2, -0.15) is 5.48 Å². The van der Waals surface area contributed by atoms with E-state index in [1.54, 1.807) is 0 Å². The minimum Gasteiger partial charge on any atom is -0.469 e. The Labute approximate surface area is 143 Å². The zero-order valence-electron chi connectivity index (χ0n) is 13.6. The summed E-state index contributed by atoms with van der Waals surface area (Å²) >= 11 is 0. The molecule has 0 radical (unpaired) electrons. The lowest BCUT2D eigenvalue weighted by molar-refractivity contribution is -0.142. The zero-order chi connectivity index (χ0) is 18.2. The molecule has 2 aromatic carbocycles. The summed E-state index contributed by atoms with van der Waals surface area (Å²) in [6, 6.07) is 9.85. The van der Waals surface area contributed by atoms with Crippen molar-refractivity contribution in [3.63, 3.8) is 0 Å². The molecule has 0 aliphatic rings. The van der Waals surface area contributed by atoms with Gasteiger partial charge in [-0.1, -0.05) is 30.3 Å². The van der Waals surface area contributed by atoms with Crippen LogP contribution in [0.2, 0.25) is 0 Å². The molecular weight excluding hydrogens is 335 g/mol. The summed E-state index contributed by atoms with van der Waals surface area (Å²) in [5, 5.41) is 0. The number of benzene rings is 2. The third kappa shape index (κ3) is 5.88. The highest BCUT2D eigenvalue weighted by Gasteiger charge is 2.19. The van der Waals surface area contributed by atoms with E-state index in [9.17, 15) is 18.0 Å². The molecule has 2 rings (SSSR count). The Morgan fingerprint density at radius 1 is 1.08 bits per heavy atom. The SMILES string of the molecule is COC(=O)C[C@@H](Cc1cc(F)c(F)cc1F)NOCc1ccccc1. The number of nitrogens with one attached hydrogen (secondary N) is 1. The topological polar surface area (TPSA) is 47.6 Å². The van der Waals surface area contributed by atoms with Crippen molar-refractivity contribution in [2.75, 3.05) is 7.11 Å². The summed E-state index contributed by atoms with van der Waals surface area (Å²) in [5.41, 5.74) is 3.49. The van der Waals surface area contributed by atoms with E-state index in [2.05, 4.69) is 10.2 Å². The summed E-state index contributed by atoms with van der Waals surface area (Å²) in [5.74, 6) is -3.85. The number of hydrogen-bond donors (Lipinski definition) is 1. The first kappa shape index (κ1) is 19.0. The van der Waals surface area contributed by atoms with E-state index in [0.29, 0.717) is 6.07 Å². The van der Waals surface area contributed by atoms with Crippen molar-refractivity contribution in [3.8, 4) is 0 Å². The van der Waals surface area contributed by atoms with Gasteiger partial charge in [-0.3, -0.25) is 9.63 Å². The van der Waals surface area contributed by atoms with Crippen LogP contribution in [-0.4, -0.2) is 19.1 Å². The highest BCUT2D eigenvalue weighted by molar-refractivity contribution is 5.69. The van der Waals surface area contributed by atoms with Crippen LogP contribution in [0, 0.1) is 17.5 Å². The predicted molar refractivity (Wildman–Crippen MR) is 84.8 cm³/mol.